The molecule has 2 aromatic heterocycles. The Balaban J connectivity index is 1.83. The van der Waals surface area contributed by atoms with Gasteiger partial charge in [-0.25, -0.2) is 4.98 Å². The average molecular weight is 349 g/mol. The zero-order chi connectivity index (χ0) is 16.2. The molecule has 3 rings (SSSR count). The maximum atomic E-state index is 6.37. The topological polar surface area (TPSA) is 41.0 Å². The lowest BCUT2D eigenvalue weighted by molar-refractivity contribution is 0.477. The summed E-state index contributed by atoms with van der Waals surface area (Å²) in [5.41, 5.74) is 2.71. The first-order valence-corrected chi connectivity index (χ1v) is 9.41. The molecule has 0 saturated carbocycles. The van der Waals surface area contributed by atoms with Gasteiger partial charge in [0.2, 0.25) is 0 Å². The predicted octanol–water partition coefficient (Wildman–Crippen LogP) is 3.94. The van der Waals surface area contributed by atoms with Crippen molar-refractivity contribution < 1.29 is 0 Å². The number of pyridine rings is 2. The van der Waals surface area contributed by atoms with Crippen LogP contribution in [-0.4, -0.2) is 35.4 Å². The number of aromatic nitrogens is 2. The van der Waals surface area contributed by atoms with Crippen molar-refractivity contribution in [3.8, 4) is 11.4 Å². The third-order valence-electron chi connectivity index (χ3n) is 4.17. The molecule has 1 aliphatic rings. The van der Waals surface area contributed by atoms with Gasteiger partial charge < -0.3 is 4.90 Å². The van der Waals surface area contributed by atoms with Crippen LogP contribution in [0.5, 0.6) is 0 Å². The van der Waals surface area contributed by atoms with Crippen LogP contribution in [0.3, 0.4) is 0 Å². The van der Waals surface area contributed by atoms with Crippen LogP contribution in [0.4, 0.5) is 5.82 Å². The molecule has 0 atom stereocenters. The summed E-state index contributed by atoms with van der Waals surface area (Å²) in [5, 5.41) is 0.648. The lowest BCUT2D eigenvalue weighted by Gasteiger charge is -2.33. The first-order chi connectivity index (χ1) is 11.2. The SMILES string of the molecule is CSNC1CCN(c2ccc(Cl)c(-c3ncccc3C)n2)CC1. The Hall–Kier alpha value is -1.30. The summed E-state index contributed by atoms with van der Waals surface area (Å²) < 4.78 is 3.45. The van der Waals surface area contributed by atoms with E-state index in [2.05, 4.69) is 20.9 Å². The highest BCUT2D eigenvalue weighted by Crippen LogP contribution is 2.30. The van der Waals surface area contributed by atoms with Gasteiger partial charge in [0.05, 0.1) is 10.7 Å². The van der Waals surface area contributed by atoms with Gasteiger partial charge in [0.1, 0.15) is 11.5 Å². The largest absolute Gasteiger partial charge is 0.356 e. The number of nitrogens with one attached hydrogen (secondary N) is 1. The number of hydrogen-bond donors (Lipinski definition) is 1. The lowest BCUT2D eigenvalue weighted by atomic mass is 10.1. The van der Waals surface area contributed by atoms with Crippen LogP contribution in [0.1, 0.15) is 18.4 Å². The van der Waals surface area contributed by atoms with E-state index in [0.29, 0.717) is 11.1 Å². The van der Waals surface area contributed by atoms with Crippen molar-refractivity contribution in [1.29, 1.82) is 0 Å². The first-order valence-electron chi connectivity index (χ1n) is 7.81. The van der Waals surface area contributed by atoms with Crippen molar-refractivity contribution >= 4 is 29.4 Å². The highest BCUT2D eigenvalue weighted by atomic mass is 35.5. The van der Waals surface area contributed by atoms with E-state index in [1.54, 1.807) is 18.1 Å². The van der Waals surface area contributed by atoms with E-state index in [0.717, 1.165) is 48.7 Å². The highest BCUT2D eigenvalue weighted by molar-refractivity contribution is 7.96. The normalized spacial score (nSPS) is 15.9. The molecule has 1 N–H and O–H groups in total. The van der Waals surface area contributed by atoms with E-state index in [-0.39, 0.29) is 0 Å². The second-order valence-corrected chi connectivity index (χ2v) is 6.80. The van der Waals surface area contributed by atoms with E-state index in [9.17, 15) is 0 Å². The first kappa shape index (κ1) is 16.6. The van der Waals surface area contributed by atoms with Crippen molar-refractivity contribution in [2.45, 2.75) is 25.8 Å². The summed E-state index contributed by atoms with van der Waals surface area (Å²) in [7, 11) is 0. The van der Waals surface area contributed by atoms with Crippen molar-refractivity contribution in [3.05, 3.63) is 41.0 Å². The van der Waals surface area contributed by atoms with Crippen LogP contribution in [0.2, 0.25) is 5.02 Å². The molecule has 0 bridgehead atoms. The summed E-state index contributed by atoms with van der Waals surface area (Å²) in [6.07, 6.45) is 6.12. The van der Waals surface area contributed by atoms with Crippen LogP contribution in [0.15, 0.2) is 30.5 Å². The fourth-order valence-electron chi connectivity index (χ4n) is 2.90. The molecule has 1 saturated heterocycles. The van der Waals surface area contributed by atoms with Crippen molar-refractivity contribution in [2.75, 3.05) is 24.2 Å². The highest BCUT2D eigenvalue weighted by Gasteiger charge is 2.21. The number of aryl methyl sites for hydroxylation is 1. The van der Waals surface area contributed by atoms with Crippen LogP contribution < -0.4 is 9.62 Å². The Morgan fingerprint density at radius 1 is 1.22 bits per heavy atom. The van der Waals surface area contributed by atoms with Crippen molar-refractivity contribution in [2.24, 2.45) is 0 Å². The van der Waals surface area contributed by atoms with Gasteiger partial charge in [0, 0.05) is 25.3 Å². The van der Waals surface area contributed by atoms with Gasteiger partial charge in [-0.3, -0.25) is 9.71 Å². The minimum absolute atomic E-state index is 0.589. The molecular weight excluding hydrogens is 328 g/mol. The molecular formula is C17H21ClN4S. The second kappa shape index (κ2) is 7.51. The fourth-order valence-corrected chi connectivity index (χ4v) is 3.66. The minimum atomic E-state index is 0.589. The fraction of sp³-hybridized carbons (Fsp3) is 0.412. The van der Waals surface area contributed by atoms with Gasteiger partial charge in [0.25, 0.3) is 0 Å². The Morgan fingerprint density at radius 3 is 2.70 bits per heavy atom. The summed E-state index contributed by atoms with van der Waals surface area (Å²) in [5.74, 6) is 0.983. The molecule has 3 heterocycles. The molecule has 0 spiro atoms. The van der Waals surface area contributed by atoms with Crippen molar-refractivity contribution in [3.63, 3.8) is 0 Å². The third kappa shape index (κ3) is 3.79. The Bertz CT molecular complexity index is 671. The molecule has 2 aromatic rings. The number of rotatable bonds is 4. The Morgan fingerprint density at radius 2 is 2.00 bits per heavy atom. The standard InChI is InChI=1S/C17H21ClN4S/c1-12-4-3-9-19-16(12)17-14(18)5-6-15(20-17)22-10-7-13(8-11-22)21-23-2/h3-6,9,13,21H,7-8,10-11H2,1-2H3. The van der Waals surface area contributed by atoms with Gasteiger partial charge in [0.15, 0.2) is 0 Å². The number of hydrogen-bond acceptors (Lipinski definition) is 5. The number of halogens is 1. The Kier molecular flexibility index (Phi) is 5.41. The van der Waals surface area contributed by atoms with Crippen LogP contribution >= 0.6 is 23.5 Å². The lowest BCUT2D eigenvalue weighted by Crippen LogP contribution is -2.40. The van der Waals surface area contributed by atoms with E-state index in [1.807, 2.05) is 31.2 Å². The molecule has 23 heavy (non-hydrogen) atoms. The number of piperidine rings is 1. The summed E-state index contributed by atoms with van der Waals surface area (Å²) in [6.45, 7) is 4.05. The predicted molar refractivity (Wildman–Crippen MR) is 99.1 cm³/mol. The van der Waals surface area contributed by atoms with Gasteiger partial charge in [-0.15, -0.1) is 0 Å². The maximum absolute atomic E-state index is 6.37. The van der Waals surface area contributed by atoms with Crippen molar-refractivity contribution in [1.82, 2.24) is 14.7 Å². The smallest absolute Gasteiger partial charge is 0.129 e. The number of anilines is 1. The van der Waals surface area contributed by atoms with E-state index < -0.39 is 0 Å². The van der Waals surface area contributed by atoms with Crippen LogP contribution in [0.25, 0.3) is 11.4 Å². The summed E-state index contributed by atoms with van der Waals surface area (Å²) >= 11 is 8.07. The molecule has 1 aliphatic heterocycles. The molecule has 0 aliphatic carbocycles. The van der Waals surface area contributed by atoms with E-state index >= 15 is 0 Å². The number of nitrogens with zero attached hydrogens (tertiary/aromatic N) is 3. The minimum Gasteiger partial charge on any atom is -0.356 e. The zero-order valence-electron chi connectivity index (χ0n) is 13.4. The maximum Gasteiger partial charge on any atom is 0.129 e. The second-order valence-electron chi connectivity index (χ2n) is 5.75. The molecule has 122 valence electrons. The Labute approximate surface area is 146 Å². The molecule has 0 unspecified atom stereocenters. The zero-order valence-corrected chi connectivity index (χ0v) is 15.0. The van der Waals surface area contributed by atoms with Crippen LogP contribution in [0, 0.1) is 6.92 Å². The quantitative estimate of drug-likeness (QED) is 0.847. The van der Waals surface area contributed by atoms with Gasteiger partial charge in [-0.1, -0.05) is 29.6 Å². The molecule has 4 nitrogen and oxygen atoms in total. The van der Waals surface area contributed by atoms with E-state index in [4.69, 9.17) is 16.6 Å². The molecule has 6 heteroatoms. The van der Waals surface area contributed by atoms with Gasteiger partial charge in [-0.05, 0) is 49.8 Å². The average Bonchev–Trinajstić information content (AvgIpc) is 2.57. The monoisotopic (exact) mass is 348 g/mol. The summed E-state index contributed by atoms with van der Waals surface area (Å²) in [6, 6.07) is 8.49. The molecule has 0 amide bonds. The molecule has 0 radical (unpaired) electrons. The van der Waals surface area contributed by atoms with Gasteiger partial charge in [-0.2, -0.15) is 0 Å². The van der Waals surface area contributed by atoms with Gasteiger partial charge >= 0.3 is 0 Å². The molecule has 1 fully saturated rings. The van der Waals surface area contributed by atoms with Crippen LogP contribution in [-0.2, 0) is 0 Å². The summed E-state index contributed by atoms with van der Waals surface area (Å²) in [4.78, 5) is 11.6. The third-order valence-corrected chi connectivity index (χ3v) is 5.04. The molecule has 0 aromatic carbocycles. The van der Waals surface area contributed by atoms with E-state index in [1.165, 1.54) is 0 Å².